The van der Waals surface area contributed by atoms with Crippen molar-refractivity contribution in [3.8, 4) is 0 Å². The first-order chi connectivity index (χ1) is 35.6. The summed E-state index contributed by atoms with van der Waals surface area (Å²) in [6.07, 6.45) is 6.02. The number of nitrogens with zero attached hydrogens (tertiary/aromatic N) is 8. The molecule has 4 aromatic heterocycles. The highest BCUT2D eigenvalue weighted by Crippen LogP contribution is 2.42. The van der Waals surface area contributed by atoms with Crippen molar-refractivity contribution in [2.45, 2.75) is 24.9 Å². The van der Waals surface area contributed by atoms with Gasteiger partial charge in [0.1, 0.15) is 0 Å². The van der Waals surface area contributed by atoms with E-state index in [4.69, 9.17) is 18.9 Å². The van der Waals surface area contributed by atoms with Gasteiger partial charge in [-0.05, 0) is 72.8 Å². The summed E-state index contributed by atoms with van der Waals surface area (Å²) in [5, 5.41) is 14.4. The number of anilines is 4. The van der Waals surface area contributed by atoms with E-state index in [-0.39, 0.29) is 36.5 Å². The molecular formula is C54H60N12O6. The fraction of sp³-hybridized carbons (Fsp3) is 0.370. The van der Waals surface area contributed by atoms with Gasteiger partial charge >= 0.3 is 0 Å². The summed E-state index contributed by atoms with van der Waals surface area (Å²) in [6, 6.07) is 31.0. The van der Waals surface area contributed by atoms with Crippen LogP contribution >= 0.6 is 0 Å². The third-order valence-corrected chi connectivity index (χ3v) is 13.9. The van der Waals surface area contributed by atoms with Crippen LogP contribution in [0.15, 0.2) is 122 Å². The van der Waals surface area contributed by atoms with Crippen LogP contribution in [0.2, 0.25) is 0 Å². The van der Waals surface area contributed by atoms with Crippen LogP contribution in [-0.2, 0) is 18.9 Å². The average molecular weight is 973 g/mol. The molecule has 72 heavy (non-hydrogen) atoms. The van der Waals surface area contributed by atoms with E-state index in [1.807, 2.05) is 97.1 Å². The molecule has 4 saturated heterocycles. The van der Waals surface area contributed by atoms with Crippen LogP contribution in [0.1, 0.15) is 79.5 Å². The van der Waals surface area contributed by atoms with Gasteiger partial charge in [-0.25, -0.2) is 0 Å². The first-order valence-electron chi connectivity index (χ1n) is 25.0. The van der Waals surface area contributed by atoms with Crippen LogP contribution in [0.3, 0.4) is 0 Å². The van der Waals surface area contributed by atoms with E-state index in [9.17, 15) is 0 Å². The van der Waals surface area contributed by atoms with Gasteiger partial charge in [-0.3, -0.25) is 49.1 Å². The topological polar surface area (TPSA) is 184 Å². The lowest BCUT2D eigenvalue weighted by Crippen LogP contribution is -2.33. The summed E-state index contributed by atoms with van der Waals surface area (Å²) in [5.41, 5.74) is 7.09. The molecule has 0 amide bonds. The molecule has 4 aliphatic heterocycles. The Hall–Kier alpha value is -6.74. The van der Waals surface area contributed by atoms with E-state index in [0.717, 1.165) is 49.0 Å². The second-order valence-electron chi connectivity index (χ2n) is 18.2. The van der Waals surface area contributed by atoms with Crippen LogP contribution in [0.4, 0.5) is 22.7 Å². The summed E-state index contributed by atoms with van der Waals surface area (Å²) < 4.78 is 24.5. The minimum atomic E-state index is -0.272. The van der Waals surface area contributed by atoms with Crippen LogP contribution in [0.25, 0.3) is 0 Å². The molecule has 0 radical (unpaired) electrons. The summed E-state index contributed by atoms with van der Waals surface area (Å²) >= 11 is 0. The molecular weight excluding hydrogens is 913 g/mol. The number of fused-ring (bicyclic) bond motifs is 2. The molecule has 4 fully saturated rings. The lowest BCUT2D eigenvalue weighted by molar-refractivity contribution is 0.0311. The number of benzene rings is 2. The number of ketones is 2. The van der Waals surface area contributed by atoms with Gasteiger partial charge in [0.05, 0.1) is 71.5 Å². The van der Waals surface area contributed by atoms with E-state index in [2.05, 4.69) is 60.8 Å². The largest absolute Gasteiger partial charge is 0.383 e. The monoisotopic (exact) mass is 972 g/mol. The van der Waals surface area contributed by atoms with Gasteiger partial charge in [0.25, 0.3) is 0 Å². The number of carbonyl (C=O) groups is 2. The van der Waals surface area contributed by atoms with Crippen molar-refractivity contribution in [2.24, 2.45) is 0 Å². The molecule has 18 heteroatoms. The molecule has 4 N–H and O–H groups in total. The maximum atomic E-state index is 15.6. The number of pyridine rings is 4. The van der Waals surface area contributed by atoms with Crippen molar-refractivity contribution < 1.29 is 28.5 Å². The van der Waals surface area contributed by atoms with Crippen molar-refractivity contribution in [3.63, 3.8) is 0 Å². The Labute approximate surface area is 419 Å². The molecule has 6 aromatic rings. The van der Waals surface area contributed by atoms with Gasteiger partial charge in [-0.2, -0.15) is 0 Å². The minimum absolute atomic E-state index is 0.241. The molecule has 18 nitrogen and oxygen atoms in total. The number of hydrogen-bond acceptors (Lipinski definition) is 18. The van der Waals surface area contributed by atoms with Crippen molar-refractivity contribution >= 4 is 34.3 Å². The Morgan fingerprint density at radius 2 is 0.625 bits per heavy atom. The predicted molar refractivity (Wildman–Crippen MR) is 272 cm³/mol. The zero-order valence-corrected chi connectivity index (χ0v) is 40.2. The summed E-state index contributed by atoms with van der Waals surface area (Å²) in [5.74, 6) is -0.482. The lowest BCUT2D eigenvalue weighted by atomic mass is 9.80. The SMILES string of the molecule is O=C1c2c(NCCN3CCOC3c3ccccn3)ccc(NCCN3CCOC3c3ccccn3)c2C(=O)c2c(NCCN3CCOC3c3ccccn3)ccc(NCCN3CCOC3c3ccccn3)c21. The standard InChI is InChI=1S/C54H60N12O6/c67-49-45-37(59-21-25-63-29-33-69-51(63)41-9-1-5-17-55-41)13-14-38(60-22-26-64-30-34-70-52(64)42-10-2-6-18-56-42)46(45)50(68)48-40(62-24-28-66-32-36-72-54(66)44-12-4-8-20-58-44)16-15-39(47(48)49)61-23-27-65-31-35-71-53(65)43-11-3-7-19-57-43/h1-20,51-54,59-62H,21-36H2. The maximum absolute atomic E-state index is 15.6. The van der Waals surface area contributed by atoms with Gasteiger partial charge in [-0.15, -0.1) is 0 Å². The first kappa shape index (κ1) is 47.6. The number of nitrogens with one attached hydrogen (secondary N) is 4. The molecule has 1 aliphatic carbocycles. The van der Waals surface area contributed by atoms with Crippen LogP contribution in [-0.4, -0.2) is 156 Å². The highest BCUT2D eigenvalue weighted by Gasteiger charge is 2.39. The quantitative estimate of drug-likeness (QED) is 0.0717. The minimum Gasteiger partial charge on any atom is -0.383 e. The van der Waals surface area contributed by atoms with E-state index < -0.39 is 0 Å². The predicted octanol–water partition coefficient (Wildman–Crippen LogP) is 5.81. The molecule has 0 spiro atoms. The molecule has 0 saturated carbocycles. The van der Waals surface area contributed by atoms with Crippen LogP contribution in [0.5, 0.6) is 0 Å². The number of ether oxygens (including phenoxy) is 4. The Bertz CT molecular complexity index is 2420. The smallest absolute Gasteiger partial charge is 0.198 e. The fourth-order valence-electron chi connectivity index (χ4n) is 10.4. The highest BCUT2D eigenvalue weighted by molar-refractivity contribution is 6.35. The third kappa shape index (κ3) is 10.2. The molecule has 0 bridgehead atoms. The zero-order valence-electron chi connectivity index (χ0n) is 40.2. The van der Waals surface area contributed by atoms with Gasteiger partial charge < -0.3 is 40.2 Å². The Morgan fingerprint density at radius 3 is 0.847 bits per heavy atom. The third-order valence-electron chi connectivity index (χ3n) is 13.9. The van der Waals surface area contributed by atoms with Crippen molar-refractivity contribution in [1.29, 1.82) is 0 Å². The molecule has 4 atom stereocenters. The van der Waals surface area contributed by atoms with Crippen molar-refractivity contribution in [3.05, 3.63) is 167 Å². The molecule has 372 valence electrons. The van der Waals surface area contributed by atoms with E-state index in [0.29, 0.717) is 124 Å². The Balaban J connectivity index is 0.892. The van der Waals surface area contributed by atoms with Crippen molar-refractivity contribution in [2.75, 3.05) is 126 Å². The number of aromatic nitrogens is 4. The molecule has 4 unspecified atom stereocenters. The van der Waals surface area contributed by atoms with Gasteiger partial charge in [0, 0.05) is 126 Å². The van der Waals surface area contributed by atoms with Crippen molar-refractivity contribution in [1.82, 2.24) is 39.5 Å². The zero-order chi connectivity index (χ0) is 48.6. The number of carbonyl (C=O) groups excluding carboxylic acids is 2. The highest BCUT2D eigenvalue weighted by atomic mass is 16.5. The van der Waals surface area contributed by atoms with E-state index >= 15 is 9.59 Å². The number of rotatable bonds is 20. The van der Waals surface area contributed by atoms with E-state index in [1.54, 1.807) is 24.8 Å². The summed E-state index contributed by atoms with van der Waals surface area (Å²) in [7, 11) is 0. The summed E-state index contributed by atoms with van der Waals surface area (Å²) in [6.45, 7) is 9.75. The van der Waals surface area contributed by atoms with Crippen LogP contribution < -0.4 is 21.3 Å². The Morgan fingerprint density at radius 1 is 0.375 bits per heavy atom. The van der Waals surface area contributed by atoms with Gasteiger partial charge in [0.15, 0.2) is 36.5 Å². The maximum Gasteiger partial charge on any atom is 0.198 e. The normalized spacial score (nSPS) is 21.5. The average Bonchev–Trinajstić information content (AvgIpc) is 4.29. The second kappa shape index (κ2) is 22.4. The molecule has 2 aromatic carbocycles. The summed E-state index contributed by atoms with van der Waals surface area (Å²) in [4.78, 5) is 58.5. The van der Waals surface area contributed by atoms with Crippen LogP contribution in [0, 0.1) is 0 Å². The lowest BCUT2D eigenvalue weighted by Gasteiger charge is -2.29. The first-order valence-corrected chi connectivity index (χ1v) is 25.0. The second-order valence-corrected chi connectivity index (χ2v) is 18.2. The van der Waals surface area contributed by atoms with E-state index in [1.165, 1.54) is 0 Å². The van der Waals surface area contributed by atoms with Gasteiger partial charge in [0.2, 0.25) is 0 Å². The molecule has 5 aliphatic rings. The fourth-order valence-corrected chi connectivity index (χ4v) is 10.4. The Kier molecular flexibility index (Phi) is 14.8. The molecule has 11 rings (SSSR count). The molecule has 8 heterocycles. The van der Waals surface area contributed by atoms with Gasteiger partial charge in [-0.1, -0.05) is 24.3 Å². The number of hydrogen-bond donors (Lipinski definition) is 4.